The minimum Gasteiger partial charge on any atom is -0.477 e. The Bertz CT molecular complexity index is 1280. The Morgan fingerprint density at radius 1 is 1.25 bits per heavy atom. The van der Waals surface area contributed by atoms with Gasteiger partial charge in [0.25, 0.3) is 0 Å². The van der Waals surface area contributed by atoms with Crippen LogP contribution in [0.4, 0.5) is 15.9 Å². The van der Waals surface area contributed by atoms with Gasteiger partial charge >= 0.3 is 11.7 Å². The van der Waals surface area contributed by atoms with Crippen LogP contribution in [0.2, 0.25) is 0 Å². The number of rotatable bonds is 4. The van der Waals surface area contributed by atoms with E-state index in [4.69, 9.17) is 4.74 Å². The van der Waals surface area contributed by atoms with Crippen LogP contribution in [0.5, 0.6) is 0 Å². The third-order valence-electron chi connectivity index (χ3n) is 5.19. The Kier molecular flexibility index (Phi) is 5.35. The summed E-state index contributed by atoms with van der Waals surface area (Å²) in [6.45, 7) is 4.36. The molecule has 166 valence electrons. The second-order valence-electron chi connectivity index (χ2n) is 7.65. The number of ether oxygens (including phenoxy) is 1. The van der Waals surface area contributed by atoms with Gasteiger partial charge in [-0.25, -0.2) is 14.2 Å². The molecular weight excluding hydrogens is 423 g/mol. The molecule has 1 saturated heterocycles. The Balaban J connectivity index is 2.05. The van der Waals surface area contributed by atoms with E-state index in [0.29, 0.717) is 18.8 Å². The third-order valence-corrected chi connectivity index (χ3v) is 5.19. The second kappa shape index (κ2) is 8.00. The molecule has 32 heavy (non-hydrogen) atoms. The standard InChI is InChI=1S/C21H19FN4O6/c1-11-8-24(9-12(2)32-11)20-17(26(30)31)7-15-18(27)16(21(28)29)10-25(19(15)23-20)14-5-3-13(22)4-6-14/h3-7,10-12H,8-9H2,1-2H3,(H,28,29). The van der Waals surface area contributed by atoms with Crippen LogP contribution < -0.4 is 10.3 Å². The van der Waals surface area contributed by atoms with E-state index in [2.05, 4.69) is 4.98 Å². The molecule has 1 aliphatic heterocycles. The van der Waals surface area contributed by atoms with Crippen LogP contribution >= 0.6 is 0 Å². The number of aromatic carboxylic acids is 1. The summed E-state index contributed by atoms with van der Waals surface area (Å²) in [5.74, 6) is -1.95. The molecule has 0 radical (unpaired) electrons. The molecule has 0 amide bonds. The molecule has 3 aromatic rings. The van der Waals surface area contributed by atoms with E-state index in [1.807, 2.05) is 13.8 Å². The molecule has 1 N–H and O–H groups in total. The maximum Gasteiger partial charge on any atom is 0.341 e. The summed E-state index contributed by atoms with van der Waals surface area (Å²) < 4.78 is 20.5. The molecule has 10 nitrogen and oxygen atoms in total. The normalized spacial score (nSPS) is 18.7. The van der Waals surface area contributed by atoms with Crippen molar-refractivity contribution in [2.75, 3.05) is 18.0 Å². The number of hydrogen-bond donors (Lipinski definition) is 1. The van der Waals surface area contributed by atoms with E-state index in [-0.39, 0.29) is 29.1 Å². The largest absolute Gasteiger partial charge is 0.477 e. The van der Waals surface area contributed by atoms with Crippen molar-refractivity contribution >= 4 is 28.5 Å². The zero-order valence-electron chi connectivity index (χ0n) is 17.2. The maximum atomic E-state index is 13.4. The second-order valence-corrected chi connectivity index (χ2v) is 7.65. The van der Waals surface area contributed by atoms with E-state index in [0.717, 1.165) is 12.3 Å². The van der Waals surface area contributed by atoms with Crippen LogP contribution in [-0.4, -0.2) is 50.8 Å². The fourth-order valence-corrected chi connectivity index (χ4v) is 3.90. The topological polar surface area (TPSA) is 128 Å². The summed E-state index contributed by atoms with van der Waals surface area (Å²) in [6.07, 6.45) is 0.682. The van der Waals surface area contributed by atoms with Crippen molar-refractivity contribution in [1.29, 1.82) is 0 Å². The van der Waals surface area contributed by atoms with Crippen molar-refractivity contribution in [3.05, 3.63) is 68.2 Å². The predicted molar refractivity (Wildman–Crippen MR) is 113 cm³/mol. The molecule has 0 saturated carbocycles. The highest BCUT2D eigenvalue weighted by Crippen LogP contribution is 2.32. The van der Waals surface area contributed by atoms with Crippen LogP contribution in [-0.2, 0) is 4.74 Å². The SMILES string of the molecule is CC1CN(c2nc3c(cc2[N+](=O)[O-])c(=O)c(C(=O)O)cn3-c2ccc(F)cc2)CC(C)O1. The molecule has 0 bridgehead atoms. The Morgan fingerprint density at radius 2 is 1.88 bits per heavy atom. The van der Waals surface area contributed by atoms with Crippen molar-refractivity contribution in [3.63, 3.8) is 0 Å². The van der Waals surface area contributed by atoms with Gasteiger partial charge in [-0.05, 0) is 38.1 Å². The lowest BCUT2D eigenvalue weighted by molar-refractivity contribution is -0.384. The highest BCUT2D eigenvalue weighted by molar-refractivity contribution is 5.93. The number of pyridine rings is 2. The lowest BCUT2D eigenvalue weighted by Gasteiger charge is -2.35. The van der Waals surface area contributed by atoms with E-state index in [1.165, 1.54) is 28.8 Å². The first-order chi connectivity index (χ1) is 15.2. The predicted octanol–water partition coefficient (Wildman–Crippen LogP) is 2.74. The molecule has 4 rings (SSSR count). The van der Waals surface area contributed by atoms with Gasteiger partial charge in [-0.2, -0.15) is 0 Å². The first-order valence-corrected chi connectivity index (χ1v) is 9.80. The van der Waals surface area contributed by atoms with Crippen molar-refractivity contribution in [3.8, 4) is 5.69 Å². The Morgan fingerprint density at radius 3 is 2.44 bits per heavy atom. The zero-order chi connectivity index (χ0) is 23.2. The summed E-state index contributed by atoms with van der Waals surface area (Å²) in [7, 11) is 0. The molecular formula is C21H19FN4O6. The first-order valence-electron chi connectivity index (χ1n) is 9.80. The first kappa shape index (κ1) is 21.4. The summed E-state index contributed by atoms with van der Waals surface area (Å²) in [5.41, 5.74) is -1.52. The van der Waals surface area contributed by atoms with Gasteiger partial charge in [-0.15, -0.1) is 0 Å². The number of nitro groups is 1. The quantitative estimate of drug-likeness (QED) is 0.483. The number of hydrogen-bond acceptors (Lipinski definition) is 7. The van der Waals surface area contributed by atoms with Gasteiger partial charge in [0.2, 0.25) is 11.2 Å². The van der Waals surface area contributed by atoms with Crippen LogP contribution in [0, 0.1) is 15.9 Å². The van der Waals surface area contributed by atoms with Crippen molar-refractivity contribution in [2.24, 2.45) is 0 Å². The number of benzene rings is 1. The van der Waals surface area contributed by atoms with Crippen LogP contribution in [0.1, 0.15) is 24.2 Å². The fourth-order valence-electron chi connectivity index (χ4n) is 3.90. The molecule has 2 unspecified atom stereocenters. The van der Waals surface area contributed by atoms with E-state index < -0.39 is 33.4 Å². The summed E-state index contributed by atoms with van der Waals surface area (Å²) >= 11 is 0. The monoisotopic (exact) mass is 442 g/mol. The van der Waals surface area contributed by atoms with Crippen LogP contribution in [0.25, 0.3) is 16.7 Å². The van der Waals surface area contributed by atoms with E-state index in [9.17, 15) is 29.2 Å². The number of carboxylic acids is 1. The summed E-state index contributed by atoms with van der Waals surface area (Å²) in [5, 5.41) is 21.1. The molecule has 2 atom stereocenters. The zero-order valence-corrected chi connectivity index (χ0v) is 17.2. The fraction of sp³-hybridized carbons (Fsp3) is 0.286. The number of anilines is 1. The number of nitrogens with zero attached hydrogens (tertiary/aromatic N) is 4. The van der Waals surface area contributed by atoms with Gasteiger partial charge in [-0.3, -0.25) is 14.9 Å². The van der Waals surface area contributed by atoms with Gasteiger partial charge in [0, 0.05) is 31.0 Å². The lowest BCUT2D eigenvalue weighted by atomic mass is 10.1. The van der Waals surface area contributed by atoms with Gasteiger partial charge < -0.3 is 19.3 Å². The average Bonchev–Trinajstić information content (AvgIpc) is 2.73. The molecule has 1 aliphatic rings. The summed E-state index contributed by atoms with van der Waals surface area (Å²) in [4.78, 5) is 41.8. The van der Waals surface area contributed by atoms with E-state index in [1.54, 1.807) is 4.90 Å². The molecule has 0 spiro atoms. The lowest BCUT2D eigenvalue weighted by Crippen LogP contribution is -2.46. The molecule has 0 aliphatic carbocycles. The molecule has 2 aromatic heterocycles. The highest BCUT2D eigenvalue weighted by Gasteiger charge is 2.31. The third kappa shape index (κ3) is 3.78. The molecule has 1 aromatic carbocycles. The van der Waals surface area contributed by atoms with Crippen molar-refractivity contribution in [2.45, 2.75) is 26.1 Å². The molecule has 11 heteroatoms. The summed E-state index contributed by atoms with van der Waals surface area (Å²) in [6, 6.07) is 6.20. The Hall–Kier alpha value is -3.86. The minimum absolute atomic E-state index is 0.0269. The van der Waals surface area contributed by atoms with Gasteiger partial charge in [0.15, 0.2) is 5.65 Å². The van der Waals surface area contributed by atoms with Crippen LogP contribution in [0.3, 0.4) is 0 Å². The average molecular weight is 442 g/mol. The number of aromatic nitrogens is 2. The maximum absolute atomic E-state index is 13.4. The van der Waals surface area contributed by atoms with Gasteiger partial charge in [0.1, 0.15) is 11.4 Å². The van der Waals surface area contributed by atoms with E-state index >= 15 is 0 Å². The number of fused-ring (bicyclic) bond motifs is 1. The molecule has 3 heterocycles. The smallest absolute Gasteiger partial charge is 0.341 e. The van der Waals surface area contributed by atoms with Crippen molar-refractivity contribution in [1.82, 2.24) is 9.55 Å². The Labute approximate surface area is 180 Å². The number of carbonyl (C=O) groups is 1. The number of morpholine rings is 1. The van der Waals surface area contributed by atoms with Crippen LogP contribution in [0.15, 0.2) is 41.3 Å². The van der Waals surface area contributed by atoms with Gasteiger partial charge in [0.05, 0.1) is 22.5 Å². The number of halogens is 1. The number of carboxylic acid groups (broad SMARTS) is 1. The minimum atomic E-state index is -1.49. The van der Waals surface area contributed by atoms with Crippen molar-refractivity contribution < 1.29 is 24.0 Å². The highest BCUT2D eigenvalue weighted by atomic mass is 19.1. The van der Waals surface area contributed by atoms with Gasteiger partial charge in [-0.1, -0.05) is 0 Å². The molecule has 1 fully saturated rings.